The minimum Gasteiger partial charge on any atom is -0.493 e. The number of carbonyl (C=O) groups excluding carboxylic acids is 3. The summed E-state index contributed by atoms with van der Waals surface area (Å²) in [4.78, 5) is 34.7. The van der Waals surface area contributed by atoms with Crippen LogP contribution in [0.25, 0.3) is 11.1 Å². The number of hydrogen-bond acceptors (Lipinski definition) is 10. The van der Waals surface area contributed by atoms with Crippen molar-refractivity contribution in [2.45, 2.75) is 19.1 Å². The van der Waals surface area contributed by atoms with Gasteiger partial charge in [-0.2, -0.15) is 0 Å². The summed E-state index contributed by atoms with van der Waals surface area (Å²) in [6.45, 7) is 7.88. The molecule has 248 valence electrons. The molecule has 0 bridgehead atoms. The maximum absolute atomic E-state index is 12.6. The van der Waals surface area contributed by atoms with E-state index in [-0.39, 0.29) is 13.2 Å². The number of esters is 3. The number of aliphatic hydroxyl groups excluding tert-OH is 1. The predicted molar refractivity (Wildman–Crippen MR) is 178 cm³/mol. The molecule has 10 heteroatoms. The Morgan fingerprint density at radius 3 is 1.50 bits per heavy atom. The van der Waals surface area contributed by atoms with E-state index in [2.05, 4.69) is 13.2 Å². The molecule has 10 nitrogen and oxygen atoms in total. The first-order valence-corrected chi connectivity index (χ1v) is 15.2. The predicted octanol–water partition coefficient (Wildman–Crippen LogP) is 6.64. The second-order valence-electron chi connectivity index (χ2n) is 10.1. The first-order valence-electron chi connectivity index (χ1n) is 15.2. The molecular formula is C38H36O10. The Hall–Kier alpha value is -5.87. The van der Waals surface area contributed by atoms with E-state index in [1.807, 2.05) is 24.3 Å². The van der Waals surface area contributed by atoms with Crippen molar-refractivity contribution in [1.29, 1.82) is 0 Å². The minimum absolute atomic E-state index is 0.230. The monoisotopic (exact) mass is 652 g/mol. The fourth-order valence-corrected chi connectivity index (χ4v) is 4.18. The van der Waals surface area contributed by atoms with Gasteiger partial charge in [0.1, 0.15) is 23.0 Å². The highest BCUT2D eigenvalue weighted by molar-refractivity contribution is 5.91. The normalized spacial score (nSPS) is 11.0. The molecule has 0 saturated carbocycles. The van der Waals surface area contributed by atoms with Gasteiger partial charge in [-0.3, -0.25) is 0 Å². The Labute approximate surface area is 278 Å². The Balaban J connectivity index is 1.21. The van der Waals surface area contributed by atoms with E-state index in [0.717, 1.165) is 23.3 Å². The van der Waals surface area contributed by atoms with Crippen molar-refractivity contribution in [3.63, 3.8) is 0 Å². The molecule has 0 fully saturated rings. The summed E-state index contributed by atoms with van der Waals surface area (Å²) >= 11 is 0. The maximum Gasteiger partial charge on any atom is 0.343 e. The third kappa shape index (κ3) is 11.2. The van der Waals surface area contributed by atoms with Crippen molar-refractivity contribution in [2.75, 3.05) is 26.4 Å². The summed E-state index contributed by atoms with van der Waals surface area (Å²) in [6, 6.07) is 27.8. The van der Waals surface area contributed by atoms with Crippen molar-refractivity contribution in [1.82, 2.24) is 0 Å². The molecule has 1 N–H and O–H groups in total. The number of aliphatic hydroxyl groups is 1. The summed E-state index contributed by atoms with van der Waals surface area (Å²) in [5, 5.41) is 10.6. The molecule has 4 rings (SSSR count). The van der Waals surface area contributed by atoms with Crippen molar-refractivity contribution in [3.05, 3.63) is 133 Å². The van der Waals surface area contributed by atoms with Crippen LogP contribution in [0.2, 0.25) is 0 Å². The van der Waals surface area contributed by atoms with Crippen LogP contribution in [0.15, 0.2) is 122 Å². The van der Waals surface area contributed by atoms with Crippen LogP contribution in [0.1, 0.15) is 35.1 Å². The van der Waals surface area contributed by atoms with E-state index < -0.39 is 24.2 Å². The average molecular weight is 653 g/mol. The maximum atomic E-state index is 12.6. The zero-order valence-corrected chi connectivity index (χ0v) is 26.2. The van der Waals surface area contributed by atoms with E-state index in [4.69, 9.17) is 28.4 Å². The lowest BCUT2D eigenvalue weighted by Gasteiger charge is -2.15. The molecule has 1 unspecified atom stereocenters. The smallest absolute Gasteiger partial charge is 0.343 e. The number of ether oxygens (including phenoxy) is 6. The van der Waals surface area contributed by atoms with E-state index in [1.54, 1.807) is 72.8 Å². The van der Waals surface area contributed by atoms with E-state index in [9.17, 15) is 19.5 Å². The van der Waals surface area contributed by atoms with E-state index >= 15 is 0 Å². The van der Waals surface area contributed by atoms with Crippen LogP contribution in [0.4, 0.5) is 0 Å². The van der Waals surface area contributed by atoms with E-state index in [1.165, 1.54) is 0 Å². The third-order valence-corrected chi connectivity index (χ3v) is 6.69. The Morgan fingerprint density at radius 1 is 0.583 bits per heavy atom. The van der Waals surface area contributed by atoms with Crippen molar-refractivity contribution >= 4 is 17.9 Å². The number of rotatable bonds is 18. The Bertz CT molecular complexity index is 1640. The highest BCUT2D eigenvalue weighted by atomic mass is 16.6. The molecule has 0 aliphatic carbocycles. The zero-order valence-electron chi connectivity index (χ0n) is 26.2. The second-order valence-corrected chi connectivity index (χ2v) is 10.1. The van der Waals surface area contributed by atoms with Crippen molar-refractivity contribution in [3.8, 4) is 34.1 Å². The third-order valence-electron chi connectivity index (χ3n) is 6.69. The molecular weight excluding hydrogens is 616 g/mol. The van der Waals surface area contributed by atoms with Gasteiger partial charge in [0.25, 0.3) is 0 Å². The highest BCUT2D eigenvalue weighted by Gasteiger charge is 2.12. The molecule has 0 heterocycles. The molecule has 4 aromatic carbocycles. The summed E-state index contributed by atoms with van der Waals surface area (Å²) in [5.74, 6) is 0.628. The van der Waals surface area contributed by atoms with Gasteiger partial charge >= 0.3 is 17.9 Å². The lowest BCUT2D eigenvalue weighted by molar-refractivity contribution is -0.138. The first-order chi connectivity index (χ1) is 23.3. The zero-order chi connectivity index (χ0) is 34.1. The lowest BCUT2D eigenvalue weighted by atomic mass is 10.1. The summed E-state index contributed by atoms with van der Waals surface area (Å²) in [6.07, 6.45) is 2.10. The molecule has 0 saturated heterocycles. The molecule has 4 aromatic rings. The van der Waals surface area contributed by atoms with Crippen LogP contribution in [-0.2, 0) is 19.1 Å². The standard InChI is InChI=1S/C38H36O10/c1-3-35(39)45-25-5-23-43-31-15-11-29(12-16-31)37(41)47-33-19-7-27(8-20-33)28-9-21-34(22-10-28)48-38(42)30-13-17-32(18-14-30)44-24-6-26-46-36(40)4-2/h3-4,7-22,37,41H,1-2,5-6,23-26H2. The SMILES string of the molecule is C=CC(=O)OCCCOc1ccc(C(=O)Oc2ccc(-c3ccc(OC(O)c4ccc(OCCCOC(=O)C=C)cc4)cc3)cc2)cc1. The fraction of sp³-hybridized carbons (Fsp3) is 0.184. The molecule has 0 aliphatic heterocycles. The second kappa shape index (κ2) is 18.3. The van der Waals surface area contributed by atoms with Gasteiger partial charge in [-0.05, 0) is 83.9 Å². The molecule has 48 heavy (non-hydrogen) atoms. The van der Waals surface area contributed by atoms with E-state index in [0.29, 0.717) is 60.2 Å². The molecule has 0 radical (unpaired) electrons. The summed E-state index contributed by atoms with van der Waals surface area (Å²) < 4.78 is 32.2. The largest absolute Gasteiger partial charge is 0.493 e. The van der Waals surface area contributed by atoms with Gasteiger partial charge in [-0.15, -0.1) is 0 Å². The van der Waals surface area contributed by atoms with Crippen LogP contribution in [0.3, 0.4) is 0 Å². The quantitative estimate of drug-likeness (QED) is 0.0411. The van der Waals surface area contributed by atoms with Gasteiger partial charge in [-0.1, -0.05) is 37.4 Å². The average Bonchev–Trinajstić information content (AvgIpc) is 3.12. The molecule has 0 amide bonds. The van der Waals surface area contributed by atoms with Crippen molar-refractivity contribution < 1.29 is 47.9 Å². The minimum atomic E-state index is -1.18. The Morgan fingerprint density at radius 2 is 1.02 bits per heavy atom. The number of hydrogen-bond donors (Lipinski definition) is 1. The van der Waals surface area contributed by atoms with Crippen molar-refractivity contribution in [2.24, 2.45) is 0 Å². The fourth-order valence-electron chi connectivity index (χ4n) is 4.18. The van der Waals surface area contributed by atoms with Crippen LogP contribution >= 0.6 is 0 Å². The molecule has 1 atom stereocenters. The topological polar surface area (TPSA) is 127 Å². The highest BCUT2D eigenvalue weighted by Crippen LogP contribution is 2.27. The summed E-state index contributed by atoms with van der Waals surface area (Å²) in [7, 11) is 0. The first kappa shape index (κ1) is 35.0. The number of benzene rings is 4. The van der Waals surface area contributed by atoms with Crippen LogP contribution in [0, 0.1) is 0 Å². The van der Waals surface area contributed by atoms with Gasteiger partial charge in [0.15, 0.2) is 0 Å². The molecule has 0 aliphatic rings. The number of carbonyl (C=O) groups is 3. The van der Waals surface area contributed by atoms with Crippen LogP contribution in [-0.4, -0.2) is 49.4 Å². The Kier molecular flexibility index (Phi) is 13.4. The van der Waals surface area contributed by atoms with Gasteiger partial charge < -0.3 is 33.5 Å². The van der Waals surface area contributed by atoms with Gasteiger partial charge in [0.2, 0.25) is 6.29 Å². The van der Waals surface area contributed by atoms with Gasteiger partial charge in [-0.25, -0.2) is 14.4 Å². The lowest BCUT2D eigenvalue weighted by Crippen LogP contribution is -2.09. The van der Waals surface area contributed by atoms with Gasteiger partial charge in [0.05, 0.1) is 32.0 Å². The van der Waals surface area contributed by atoms with Crippen LogP contribution in [0.5, 0.6) is 23.0 Å². The van der Waals surface area contributed by atoms with Gasteiger partial charge in [0, 0.05) is 30.6 Å². The van der Waals surface area contributed by atoms with Crippen LogP contribution < -0.4 is 18.9 Å². The molecule has 0 spiro atoms. The molecule has 0 aromatic heterocycles. The summed E-state index contributed by atoms with van der Waals surface area (Å²) in [5.41, 5.74) is 2.73.